The maximum absolute atomic E-state index is 4.35. The second-order valence-electron chi connectivity index (χ2n) is 3.27. The highest BCUT2D eigenvalue weighted by atomic mass is 15.3. The fourth-order valence-electron chi connectivity index (χ4n) is 1.46. The van der Waals surface area contributed by atoms with Crippen LogP contribution in [0.4, 0.5) is 5.82 Å². The molecule has 0 saturated carbocycles. The number of aliphatic imine (C=N–C) groups is 1. The van der Waals surface area contributed by atoms with Crippen molar-refractivity contribution in [3.05, 3.63) is 11.8 Å². The highest BCUT2D eigenvalue weighted by Gasteiger charge is 2.13. The maximum Gasteiger partial charge on any atom is 0.150 e. The van der Waals surface area contributed by atoms with Crippen molar-refractivity contribution in [2.24, 2.45) is 10.9 Å². The van der Waals surface area contributed by atoms with Crippen molar-refractivity contribution in [3.8, 4) is 0 Å². The van der Waals surface area contributed by atoms with Crippen LogP contribution in [0.2, 0.25) is 0 Å². The fraction of sp³-hybridized carbons (Fsp3) is 0.556. The normalized spacial score (nSPS) is 21.0. The van der Waals surface area contributed by atoms with Crippen molar-refractivity contribution in [2.75, 3.05) is 0 Å². The molecule has 1 unspecified atom stereocenters. The second kappa shape index (κ2) is 2.73. The molecule has 1 aromatic heterocycles. The van der Waals surface area contributed by atoms with Gasteiger partial charge in [0.2, 0.25) is 0 Å². The zero-order valence-electron chi connectivity index (χ0n) is 7.49. The minimum atomic E-state index is 0.566. The summed E-state index contributed by atoms with van der Waals surface area (Å²) in [5, 5.41) is 4.35. The predicted octanol–water partition coefficient (Wildman–Crippen LogP) is 1.93. The van der Waals surface area contributed by atoms with Crippen LogP contribution in [0.1, 0.15) is 19.0 Å². The summed E-state index contributed by atoms with van der Waals surface area (Å²) in [5.41, 5.74) is 1.05. The van der Waals surface area contributed by atoms with Crippen LogP contribution >= 0.6 is 0 Å². The van der Waals surface area contributed by atoms with Crippen LogP contribution in [0.15, 0.2) is 11.1 Å². The highest BCUT2D eigenvalue weighted by molar-refractivity contribution is 5.66. The van der Waals surface area contributed by atoms with Crippen LogP contribution in [-0.4, -0.2) is 16.0 Å². The summed E-state index contributed by atoms with van der Waals surface area (Å²) in [6, 6.07) is 2.02. The van der Waals surface area contributed by atoms with Gasteiger partial charge >= 0.3 is 0 Å². The van der Waals surface area contributed by atoms with Crippen LogP contribution in [0.3, 0.4) is 0 Å². The van der Waals surface area contributed by atoms with Crippen LogP contribution in [0, 0.1) is 12.8 Å². The molecule has 1 atom stereocenters. The molecule has 0 fully saturated rings. The van der Waals surface area contributed by atoms with Crippen molar-refractivity contribution in [3.63, 3.8) is 0 Å². The lowest BCUT2D eigenvalue weighted by atomic mass is 10.1. The number of aryl methyl sites for hydroxylation is 1. The molecule has 0 spiro atoms. The average molecular weight is 163 g/mol. The summed E-state index contributed by atoms with van der Waals surface area (Å²) >= 11 is 0. The van der Waals surface area contributed by atoms with Gasteiger partial charge in [0.25, 0.3) is 0 Å². The molecular formula is C9H13N3. The number of rotatable bonds is 1. The van der Waals surface area contributed by atoms with Crippen molar-refractivity contribution in [2.45, 2.75) is 26.8 Å². The van der Waals surface area contributed by atoms with E-state index in [4.69, 9.17) is 0 Å². The maximum atomic E-state index is 4.35. The molecule has 0 bridgehead atoms. The monoisotopic (exact) mass is 163 g/mol. The molecule has 1 aliphatic rings. The first-order chi connectivity index (χ1) is 5.79. The van der Waals surface area contributed by atoms with E-state index in [-0.39, 0.29) is 0 Å². The molecule has 64 valence electrons. The third-order valence-corrected chi connectivity index (χ3v) is 2.23. The van der Waals surface area contributed by atoms with E-state index in [1.807, 2.05) is 23.9 Å². The van der Waals surface area contributed by atoms with Gasteiger partial charge in [0, 0.05) is 18.2 Å². The highest BCUT2D eigenvalue weighted by Crippen LogP contribution is 2.20. The van der Waals surface area contributed by atoms with E-state index in [0.29, 0.717) is 5.92 Å². The fourth-order valence-corrected chi connectivity index (χ4v) is 1.46. The van der Waals surface area contributed by atoms with Crippen LogP contribution in [0.25, 0.3) is 0 Å². The van der Waals surface area contributed by atoms with Gasteiger partial charge < -0.3 is 0 Å². The first-order valence-electron chi connectivity index (χ1n) is 4.38. The molecule has 2 heterocycles. The number of aromatic nitrogens is 2. The van der Waals surface area contributed by atoms with Crippen LogP contribution in [-0.2, 0) is 6.54 Å². The number of nitrogens with zero attached hydrogens (tertiary/aromatic N) is 3. The molecule has 3 heteroatoms. The molecule has 0 aliphatic carbocycles. The molecule has 0 amide bonds. The summed E-state index contributed by atoms with van der Waals surface area (Å²) in [4.78, 5) is 4.34. The van der Waals surface area contributed by atoms with Crippen molar-refractivity contribution >= 4 is 12.0 Å². The van der Waals surface area contributed by atoms with Gasteiger partial charge in [-0.25, -0.2) is 9.67 Å². The largest absolute Gasteiger partial charge is 0.247 e. The molecular weight excluding hydrogens is 150 g/mol. The van der Waals surface area contributed by atoms with Gasteiger partial charge in [-0.15, -0.1) is 0 Å². The van der Waals surface area contributed by atoms with Gasteiger partial charge in [0.05, 0.1) is 12.2 Å². The van der Waals surface area contributed by atoms with E-state index >= 15 is 0 Å². The molecule has 0 saturated heterocycles. The Hall–Kier alpha value is -1.12. The third-order valence-electron chi connectivity index (χ3n) is 2.23. The first kappa shape index (κ1) is 7.53. The minimum Gasteiger partial charge on any atom is -0.247 e. The van der Waals surface area contributed by atoms with E-state index in [1.54, 1.807) is 0 Å². The summed E-state index contributed by atoms with van der Waals surface area (Å²) in [6.45, 7) is 5.17. The van der Waals surface area contributed by atoms with Gasteiger partial charge in [-0.3, -0.25) is 0 Å². The Morgan fingerprint density at radius 1 is 1.67 bits per heavy atom. The molecule has 12 heavy (non-hydrogen) atoms. The Bertz CT molecular complexity index is 312. The zero-order valence-corrected chi connectivity index (χ0v) is 7.49. The second-order valence-corrected chi connectivity index (χ2v) is 3.27. The molecule has 2 rings (SSSR count). The van der Waals surface area contributed by atoms with Crippen LogP contribution in [0.5, 0.6) is 0 Å². The van der Waals surface area contributed by atoms with E-state index in [9.17, 15) is 0 Å². The van der Waals surface area contributed by atoms with Gasteiger partial charge in [-0.2, -0.15) is 5.10 Å². The number of hydrogen-bond donors (Lipinski definition) is 0. The topological polar surface area (TPSA) is 30.2 Å². The predicted molar refractivity (Wildman–Crippen MR) is 48.9 cm³/mol. The van der Waals surface area contributed by atoms with E-state index in [1.165, 1.54) is 0 Å². The number of fused-ring (bicyclic) bond motifs is 1. The molecule has 0 aromatic carbocycles. The standard InChI is InChI=1S/C9H13N3/c1-3-8-5-10-9-4-7(2)11-12(9)6-8/h4-5,8H,3,6H2,1-2H3. The molecule has 3 nitrogen and oxygen atoms in total. The minimum absolute atomic E-state index is 0.566. The Kier molecular flexibility index (Phi) is 1.71. The quantitative estimate of drug-likeness (QED) is 0.622. The summed E-state index contributed by atoms with van der Waals surface area (Å²) < 4.78 is 1.99. The van der Waals surface area contributed by atoms with Crippen molar-refractivity contribution in [1.82, 2.24) is 9.78 Å². The van der Waals surface area contributed by atoms with Gasteiger partial charge in [0.1, 0.15) is 5.82 Å². The summed E-state index contributed by atoms with van der Waals surface area (Å²) in [5.74, 6) is 1.56. The third kappa shape index (κ3) is 1.15. The summed E-state index contributed by atoms with van der Waals surface area (Å²) in [6.07, 6.45) is 3.18. The SMILES string of the molecule is CCC1C=Nc2cc(C)nn2C1. The molecule has 0 radical (unpaired) electrons. The Morgan fingerprint density at radius 2 is 2.50 bits per heavy atom. The Balaban J connectivity index is 2.31. The smallest absolute Gasteiger partial charge is 0.150 e. The first-order valence-corrected chi connectivity index (χ1v) is 4.38. The average Bonchev–Trinajstić information content (AvgIpc) is 2.43. The van der Waals surface area contributed by atoms with Gasteiger partial charge in [0.15, 0.2) is 0 Å². The summed E-state index contributed by atoms with van der Waals surface area (Å²) in [7, 11) is 0. The van der Waals surface area contributed by atoms with Gasteiger partial charge in [-0.05, 0) is 13.3 Å². The number of hydrogen-bond acceptors (Lipinski definition) is 2. The molecule has 0 N–H and O–H groups in total. The van der Waals surface area contributed by atoms with Crippen molar-refractivity contribution in [1.29, 1.82) is 0 Å². The van der Waals surface area contributed by atoms with E-state index < -0.39 is 0 Å². The lowest BCUT2D eigenvalue weighted by Gasteiger charge is -2.14. The molecule has 1 aliphatic heterocycles. The van der Waals surface area contributed by atoms with Crippen molar-refractivity contribution < 1.29 is 0 Å². The molecule has 1 aromatic rings. The Morgan fingerprint density at radius 3 is 3.25 bits per heavy atom. The lowest BCUT2D eigenvalue weighted by molar-refractivity contribution is 0.497. The van der Waals surface area contributed by atoms with E-state index in [0.717, 1.165) is 24.5 Å². The van der Waals surface area contributed by atoms with Crippen LogP contribution < -0.4 is 0 Å². The zero-order chi connectivity index (χ0) is 8.55. The van der Waals surface area contributed by atoms with Gasteiger partial charge in [-0.1, -0.05) is 6.92 Å². The Labute approximate surface area is 72.1 Å². The van der Waals surface area contributed by atoms with E-state index in [2.05, 4.69) is 17.0 Å². The lowest BCUT2D eigenvalue weighted by Crippen LogP contribution is -2.15.